The second-order valence-electron chi connectivity index (χ2n) is 13.7. The molecule has 13 heteroatoms. The van der Waals surface area contributed by atoms with Gasteiger partial charge < -0.3 is 29.9 Å². The first-order valence-corrected chi connectivity index (χ1v) is 18.0. The standard InChI is InChI=1S/C40H44FN7O5/c1-26(50)42-11-18-53-19-17-46-13-15-47(16-14-46)31-8-9-37(43-23-31)44-35-22-30(24-45(2)39(35)51)32-4-3-5-36(33(32)25-49)48-12-10-28-20-29(27-6-7-27)21-34(41)38(28)40(48)52/h3-5,8-10,12,20-24,27,49H,6-7,11,13-19,25H2,1-2H3,(H,42,50)(H,43,44). The number of carbonyl (C=O) groups excluding carboxylic acids is 1. The molecule has 3 N–H and O–H groups in total. The van der Waals surface area contributed by atoms with Gasteiger partial charge >= 0.3 is 0 Å². The van der Waals surface area contributed by atoms with Gasteiger partial charge in [-0.1, -0.05) is 18.2 Å². The quantitative estimate of drug-likeness (QED) is 0.153. The van der Waals surface area contributed by atoms with Crippen molar-refractivity contribution >= 4 is 33.9 Å². The van der Waals surface area contributed by atoms with Crippen molar-refractivity contribution in [2.24, 2.45) is 7.05 Å². The Hall–Kier alpha value is -5.37. The summed E-state index contributed by atoms with van der Waals surface area (Å²) in [6.07, 6.45) is 7.16. The molecule has 5 aromatic rings. The largest absolute Gasteiger partial charge is 0.392 e. The Labute approximate surface area is 306 Å². The lowest BCUT2D eigenvalue weighted by molar-refractivity contribution is -0.119. The molecule has 1 saturated carbocycles. The highest BCUT2D eigenvalue weighted by molar-refractivity contribution is 5.84. The summed E-state index contributed by atoms with van der Waals surface area (Å²) in [5.41, 5.74) is 3.59. The molecular formula is C40H44FN7O5. The summed E-state index contributed by atoms with van der Waals surface area (Å²) in [6.45, 7) is 7.02. The number of nitrogens with one attached hydrogen (secondary N) is 2. The number of nitrogens with zero attached hydrogens (tertiary/aromatic N) is 5. The van der Waals surface area contributed by atoms with Gasteiger partial charge in [-0.05, 0) is 71.7 Å². The highest BCUT2D eigenvalue weighted by atomic mass is 19.1. The molecule has 0 unspecified atom stereocenters. The number of piperazine rings is 1. The maximum absolute atomic E-state index is 15.3. The van der Waals surface area contributed by atoms with Crippen molar-refractivity contribution in [3.8, 4) is 16.8 Å². The Kier molecular flexibility index (Phi) is 10.7. The minimum Gasteiger partial charge on any atom is -0.392 e. The Morgan fingerprint density at radius 2 is 1.83 bits per heavy atom. The highest BCUT2D eigenvalue weighted by Gasteiger charge is 2.25. The summed E-state index contributed by atoms with van der Waals surface area (Å²) in [7, 11) is 1.65. The van der Waals surface area contributed by atoms with Crippen molar-refractivity contribution in [2.75, 3.05) is 62.7 Å². The van der Waals surface area contributed by atoms with Gasteiger partial charge in [0, 0.05) is 76.8 Å². The second-order valence-corrected chi connectivity index (χ2v) is 13.7. The molecule has 3 aromatic heterocycles. The van der Waals surface area contributed by atoms with Crippen LogP contribution in [-0.4, -0.2) is 82.5 Å². The van der Waals surface area contributed by atoms with E-state index in [0.717, 1.165) is 56.8 Å². The van der Waals surface area contributed by atoms with Crippen molar-refractivity contribution in [1.82, 2.24) is 24.3 Å². The van der Waals surface area contributed by atoms with E-state index in [9.17, 15) is 19.5 Å². The molecule has 7 rings (SSSR count). The zero-order chi connectivity index (χ0) is 37.1. The van der Waals surface area contributed by atoms with E-state index in [-0.39, 0.29) is 16.9 Å². The predicted molar refractivity (Wildman–Crippen MR) is 204 cm³/mol. The number of amides is 1. The van der Waals surface area contributed by atoms with Gasteiger partial charge in [-0.15, -0.1) is 0 Å². The van der Waals surface area contributed by atoms with Crippen LogP contribution in [-0.2, 0) is 23.2 Å². The summed E-state index contributed by atoms with van der Waals surface area (Å²) in [4.78, 5) is 47.2. The van der Waals surface area contributed by atoms with E-state index >= 15 is 4.39 Å². The Bertz CT molecular complexity index is 2240. The van der Waals surface area contributed by atoms with Crippen LogP contribution in [0.2, 0.25) is 0 Å². The van der Waals surface area contributed by atoms with Gasteiger partial charge in [0.1, 0.15) is 17.3 Å². The van der Waals surface area contributed by atoms with E-state index in [4.69, 9.17) is 4.74 Å². The number of hydrogen-bond donors (Lipinski definition) is 3. The molecule has 12 nitrogen and oxygen atoms in total. The van der Waals surface area contributed by atoms with Crippen LogP contribution in [0.5, 0.6) is 0 Å². The number of anilines is 3. The first-order valence-electron chi connectivity index (χ1n) is 18.0. The second kappa shape index (κ2) is 15.7. The fourth-order valence-corrected chi connectivity index (χ4v) is 6.99. The highest BCUT2D eigenvalue weighted by Crippen LogP contribution is 2.41. The number of fused-ring (bicyclic) bond motifs is 1. The number of rotatable bonds is 13. The first kappa shape index (κ1) is 36.0. The molecule has 2 aliphatic rings. The SMILES string of the molecule is CC(=O)NCCOCCN1CCN(c2ccc(Nc3cc(-c4cccc(-n5ccc6cc(C7CC7)cc(F)c6c5=O)c4CO)cn(C)c3=O)nc2)CC1. The van der Waals surface area contributed by atoms with Crippen molar-refractivity contribution < 1.29 is 19.0 Å². The molecule has 53 heavy (non-hydrogen) atoms. The molecule has 1 aliphatic carbocycles. The Morgan fingerprint density at radius 3 is 2.55 bits per heavy atom. The number of benzene rings is 2. The van der Waals surface area contributed by atoms with Crippen molar-refractivity contribution in [3.63, 3.8) is 0 Å². The van der Waals surface area contributed by atoms with Gasteiger partial charge in [0.2, 0.25) is 5.91 Å². The summed E-state index contributed by atoms with van der Waals surface area (Å²) >= 11 is 0. The average Bonchev–Trinajstić information content (AvgIpc) is 4.01. The van der Waals surface area contributed by atoms with Gasteiger partial charge in [0.15, 0.2) is 0 Å². The topological polar surface area (TPSA) is 134 Å². The van der Waals surface area contributed by atoms with Crippen molar-refractivity contribution in [2.45, 2.75) is 32.3 Å². The van der Waals surface area contributed by atoms with E-state index in [1.165, 1.54) is 22.1 Å². The zero-order valence-corrected chi connectivity index (χ0v) is 30.0. The lowest BCUT2D eigenvalue weighted by atomic mass is 9.98. The molecule has 1 amide bonds. The minimum atomic E-state index is -0.544. The molecule has 276 valence electrons. The first-order chi connectivity index (χ1) is 25.7. The number of aromatic nitrogens is 3. The number of aryl methyl sites for hydroxylation is 1. The summed E-state index contributed by atoms with van der Waals surface area (Å²) in [5.74, 6) is 0.253. The fraction of sp³-hybridized carbons (Fsp3) is 0.350. The number of aliphatic hydroxyl groups is 1. The molecule has 1 aliphatic heterocycles. The monoisotopic (exact) mass is 721 g/mol. The third kappa shape index (κ3) is 8.02. The number of pyridine rings is 3. The third-order valence-corrected chi connectivity index (χ3v) is 10.0. The van der Waals surface area contributed by atoms with Crippen LogP contribution in [0.25, 0.3) is 27.6 Å². The van der Waals surface area contributed by atoms with E-state index in [1.807, 2.05) is 24.3 Å². The molecule has 1 saturated heterocycles. The van der Waals surface area contributed by atoms with Crippen LogP contribution in [0, 0.1) is 5.82 Å². The fourth-order valence-electron chi connectivity index (χ4n) is 6.99. The van der Waals surface area contributed by atoms with Gasteiger partial charge in [-0.2, -0.15) is 0 Å². The number of hydrogen-bond acceptors (Lipinski definition) is 9. The van der Waals surface area contributed by atoms with Crippen LogP contribution in [0.1, 0.15) is 36.8 Å². The van der Waals surface area contributed by atoms with Gasteiger partial charge in [-0.25, -0.2) is 9.37 Å². The average molecular weight is 722 g/mol. The maximum Gasteiger partial charge on any atom is 0.274 e. The number of carbonyl (C=O) groups is 1. The van der Waals surface area contributed by atoms with Crippen LogP contribution in [0.3, 0.4) is 0 Å². The molecule has 4 heterocycles. The maximum atomic E-state index is 15.3. The number of aliphatic hydroxyl groups excluding tert-OH is 1. The van der Waals surface area contributed by atoms with Crippen molar-refractivity contribution in [3.05, 3.63) is 111 Å². The predicted octanol–water partition coefficient (Wildman–Crippen LogP) is 4.28. The van der Waals surface area contributed by atoms with E-state index in [2.05, 4.69) is 25.4 Å². The molecule has 2 fully saturated rings. The lowest BCUT2D eigenvalue weighted by Gasteiger charge is -2.35. The van der Waals surface area contributed by atoms with Crippen molar-refractivity contribution in [1.29, 1.82) is 0 Å². The summed E-state index contributed by atoms with van der Waals surface area (Å²) < 4.78 is 23.8. The van der Waals surface area contributed by atoms with E-state index in [1.54, 1.807) is 49.9 Å². The van der Waals surface area contributed by atoms with E-state index < -0.39 is 18.0 Å². The normalized spacial score (nSPS) is 14.8. The molecule has 0 atom stereocenters. The van der Waals surface area contributed by atoms with Crippen LogP contribution < -0.4 is 26.7 Å². The molecular weight excluding hydrogens is 677 g/mol. The smallest absolute Gasteiger partial charge is 0.274 e. The van der Waals surface area contributed by atoms with Gasteiger partial charge in [0.25, 0.3) is 11.1 Å². The number of halogens is 1. The van der Waals surface area contributed by atoms with Crippen LogP contribution in [0.4, 0.5) is 21.6 Å². The minimum absolute atomic E-state index is 0.0125. The Balaban J connectivity index is 1.06. The van der Waals surface area contributed by atoms with Gasteiger partial charge in [0.05, 0.1) is 42.8 Å². The van der Waals surface area contributed by atoms with Gasteiger partial charge in [-0.3, -0.25) is 23.9 Å². The van der Waals surface area contributed by atoms with Crippen LogP contribution in [0.15, 0.2) is 82.8 Å². The molecule has 0 bridgehead atoms. The Morgan fingerprint density at radius 1 is 1.02 bits per heavy atom. The van der Waals surface area contributed by atoms with Crippen LogP contribution >= 0.6 is 0 Å². The van der Waals surface area contributed by atoms with E-state index in [0.29, 0.717) is 64.9 Å². The summed E-state index contributed by atoms with van der Waals surface area (Å²) in [5, 5.41) is 17.1. The lowest BCUT2D eigenvalue weighted by Crippen LogP contribution is -2.47. The zero-order valence-electron chi connectivity index (χ0n) is 30.0. The third-order valence-electron chi connectivity index (χ3n) is 10.0. The number of ether oxygens (including phenoxy) is 1. The molecule has 0 spiro atoms. The summed E-state index contributed by atoms with van der Waals surface area (Å²) in [6, 6.07) is 16.0. The molecule has 0 radical (unpaired) electrons. The molecule has 2 aromatic carbocycles.